The van der Waals surface area contributed by atoms with Crippen LogP contribution in [-0.4, -0.2) is 44.2 Å². The summed E-state index contributed by atoms with van der Waals surface area (Å²) in [6.07, 6.45) is 2.24. The predicted molar refractivity (Wildman–Crippen MR) is 143 cm³/mol. The van der Waals surface area contributed by atoms with Gasteiger partial charge >= 0.3 is 5.51 Å². The molecule has 7 nitrogen and oxygen atoms in total. The molecule has 0 aliphatic heterocycles. The van der Waals surface area contributed by atoms with E-state index in [9.17, 15) is 13.2 Å². The smallest absolute Gasteiger partial charge is 0.485 e. The van der Waals surface area contributed by atoms with Gasteiger partial charge in [-0.2, -0.15) is 13.2 Å². The molecule has 0 N–H and O–H groups in total. The van der Waals surface area contributed by atoms with Gasteiger partial charge in [-0.15, -0.1) is 9.20 Å². The number of rotatable bonds is 4. The minimum absolute atomic E-state index is 0.869. The first-order valence-corrected chi connectivity index (χ1v) is 13.1. The van der Waals surface area contributed by atoms with Crippen LogP contribution in [0.25, 0.3) is 33.8 Å². The van der Waals surface area contributed by atoms with Gasteiger partial charge in [-0.1, -0.05) is 36.4 Å². The Hall–Kier alpha value is -4.09. The van der Waals surface area contributed by atoms with Crippen LogP contribution in [0.1, 0.15) is 5.56 Å². The average Bonchev–Trinajstić information content (AvgIpc) is 3.38. The highest BCUT2D eigenvalue weighted by molar-refractivity contribution is 7.86. The maximum absolute atomic E-state index is 10.7. The first kappa shape index (κ1) is 27.9. The summed E-state index contributed by atoms with van der Waals surface area (Å²) in [5.41, 5.74) is 1.30. The second-order valence-electron chi connectivity index (χ2n) is 8.91. The van der Waals surface area contributed by atoms with Crippen LogP contribution < -0.4 is 19.5 Å². The van der Waals surface area contributed by atoms with E-state index in [0.29, 0.717) is 0 Å². The van der Waals surface area contributed by atoms with Crippen LogP contribution in [0.4, 0.5) is 18.9 Å². The van der Waals surface area contributed by atoms with Gasteiger partial charge in [-0.25, -0.2) is 8.42 Å². The van der Waals surface area contributed by atoms with E-state index in [0.717, 1.165) is 17.0 Å². The maximum atomic E-state index is 10.7. The van der Waals surface area contributed by atoms with Crippen LogP contribution in [0.5, 0.6) is 5.75 Å². The van der Waals surface area contributed by atoms with Crippen LogP contribution >= 0.6 is 0 Å². The molecule has 0 spiro atoms. The van der Waals surface area contributed by atoms with Crippen molar-refractivity contribution < 1.29 is 35.6 Å². The number of aromatic nitrogens is 2. The van der Waals surface area contributed by atoms with Crippen molar-refractivity contribution in [3.05, 3.63) is 89.6 Å². The number of para-hydroxylation sites is 1. The number of anilines is 1. The third-order valence-electron chi connectivity index (χ3n) is 6.23. The number of aryl methyl sites for hydroxylation is 1. The highest BCUT2D eigenvalue weighted by atomic mass is 32.2. The summed E-state index contributed by atoms with van der Waals surface area (Å²) in [5, 5.41) is 2.43. The topological polar surface area (TPSA) is 78.0 Å². The fourth-order valence-corrected chi connectivity index (χ4v) is 4.34. The molecular weight excluding hydrogens is 531 g/mol. The number of nitrogens with zero attached hydrogens (tertiary/aromatic N) is 3. The fraction of sp³-hybridized carbons (Fsp3) is 0.179. The highest BCUT2D eigenvalue weighted by Crippen LogP contribution is 2.27. The van der Waals surface area contributed by atoms with Crippen molar-refractivity contribution >= 4 is 38.3 Å². The molecule has 0 radical (unpaired) electrons. The van der Waals surface area contributed by atoms with Crippen molar-refractivity contribution in [2.24, 2.45) is 7.05 Å². The zero-order valence-corrected chi connectivity index (χ0v) is 22.4. The van der Waals surface area contributed by atoms with Gasteiger partial charge in [-0.3, -0.25) is 0 Å². The Kier molecular flexibility index (Phi) is 7.58. The van der Waals surface area contributed by atoms with Crippen LogP contribution in [0, 0.1) is 0 Å². The number of hydrogen-bond acceptors (Lipinski definition) is 5. The second kappa shape index (κ2) is 10.6. The summed E-state index contributed by atoms with van der Waals surface area (Å²) < 4.78 is 69.2. The second-order valence-corrected chi connectivity index (χ2v) is 10.3. The minimum Gasteiger partial charge on any atom is -0.741 e. The molecule has 0 aliphatic rings. The maximum Gasteiger partial charge on any atom is 0.485 e. The Morgan fingerprint density at radius 1 is 0.949 bits per heavy atom. The summed E-state index contributed by atoms with van der Waals surface area (Å²) in [4.78, 5) is 2.08. The fourth-order valence-electron chi connectivity index (χ4n) is 4.34. The standard InChI is InChI=1S/C27H26N3O.CHF3O3S/c1-28(2)21-15-14-20(27(17-21)31-4)16-23-22-12-8-9-13-24(22)30-26(23)18-25(29(30)3)19-10-6-5-7-11-19;2-1(3,4)8(5,6)7/h5-18H,1-4H3;(H,5,6,7)/q+1;/p-1. The lowest BCUT2D eigenvalue weighted by atomic mass is 10.1. The zero-order valence-electron chi connectivity index (χ0n) is 21.6. The van der Waals surface area contributed by atoms with E-state index in [2.05, 4.69) is 106 Å². The first-order valence-electron chi connectivity index (χ1n) is 11.7. The Bertz CT molecular complexity index is 1800. The van der Waals surface area contributed by atoms with E-state index in [1.165, 1.54) is 32.9 Å². The lowest BCUT2D eigenvalue weighted by Crippen LogP contribution is -2.36. The molecule has 39 heavy (non-hydrogen) atoms. The van der Waals surface area contributed by atoms with E-state index in [1.54, 1.807) is 7.11 Å². The molecular formula is C28H26F3N3O4S. The van der Waals surface area contributed by atoms with Crippen molar-refractivity contribution in [2.75, 3.05) is 26.1 Å². The number of hydrogen-bond donors (Lipinski definition) is 0. The van der Waals surface area contributed by atoms with Crippen LogP contribution in [0.3, 0.4) is 0 Å². The van der Waals surface area contributed by atoms with Gasteiger partial charge in [0.1, 0.15) is 16.8 Å². The number of methoxy groups -OCH3 is 1. The number of fused-ring (bicyclic) bond motifs is 3. The van der Waals surface area contributed by atoms with Crippen molar-refractivity contribution in [1.29, 1.82) is 0 Å². The Labute approximate surface area is 223 Å². The third kappa shape index (κ3) is 5.55. The van der Waals surface area contributed by atoms with Gasteiger partial charge in [-0.05, 0) is 36.4 Å². The van der Waals surface area contributed by atoms with E-state index in [-0.39, 0.29) is 0 Å². The van der Waals surface area contributed by atoms with Gasteiger partial charge in [0.25, 0.3) is 0 Å². The van der Waals surface area contributed by atoms with Gasteiger partial charge in [0.15, 0.2) is 17.2 Å². The monoisotopic (exact) mass is 557 g/mol. The van der Waals surface area contributed by atoms with Crippen LogP contribution in [-0.2, 0) is 17.2 Å². The van der Waals surface area contributed by atoms with Gasteiger partial charge in [0.2, 0.25) is 5.69 Å². The molecule has 5 rings (SSSR count). The first-order chi connectivity index (χ1) is 18.3. The molecule has 11 heteroatoms. The molecule has 0 aliphatic carbocycles. The molecule has 2 heterocycles. The van der Waals surface area contributed by atoms with Crippen molar-refractivity contribution in [1.82, 2.24) is 4.52 Å². The minimum atomic E-state index is -6.09. The Balaban J connectivity index is 0.000000386. The number of alkyl halides is 3. The van der Waals surface area contributed by atoms with Crippen LogP contribution in [0.15, 0.2) is 78.9 Å². The van der Waals surface area contributed by atoms with Gasteiger partial charge in [0.05, 0.1) is 7.11 Å². The third-order valence-corrected chi connectivity index (χ3v) is 6.80. The molecule has 0 amide bonds. The largest absolute Gasteiger partial charge is 0.741 e. The molecule has 0 fully saturated rings. The molecule has 2 aromatic heterocycles. The normalized spacial score (nSPS) is 12.5. The lowest BCUT2D eigenvalue weighted by Gasteiger charge is -2.14. The van der Waals surface area contributed by atoms with E-state index < -0.39 is 15.6 Å². The zero-order chi connectivity index (χ0) is 28.5. The number of ether oxygens (including phenoxy) is 1. The highest BCUT2D eigenvalue weighted by Gasteiger charge is 2.37. The Morgan fingerprint density at radius 3 is 2.15 bits per heavy atom. The molecule has 0 bridgehead atoms. The molecule has 3 aromatic carbocycles. The number of benzene rings is 3. The molecule has 0 saturated heterocycles. The average molecular weight is 558 g/mol. The SMILES string of the molecule is COc1cc(N(C)C)ccc1/C=c1/c2ccccc2n2c1cc(-c1ccccc1)[n+]2C.O=S(=O)([O-])C(F)(F)F. The quantitative estimate of drug-likeness (QED) is 0.188. The van der Waals surface area contributed by atoms with Crippen molar-refractivity contribution in [3.63, 3.8) is 0 Å². The molecule has 204 valence electrons. The van der Waals surface area contributed by atoms with E-state index in [4.69, 9.17) is 17.7 Å². The summed E-state index contributed by atoms with van der Waals surface area (Å²) in [7, 11) is 1.84. The summed E-state index contributed by atoms with van der Waals surface area (Å²) in [6.45, 7) is 0. The molecule has 5 aromatic rings. The van der Waals surface area contributed by atoms with Gasteiger partial charge < -0.3 is 14.2 Å². The van der Waals surface area contributed by atoms with Gasteiger partial charge in [0, 0.05) is 53.6 Å². The summed E-state index contributed by atoms with van der Waals surface area (Å²) in [5.74, 6) is 0.869. The summed E-state index contributed by atoms with van der Waals surface area (Å²) in [6, 6.07) is 27.7. The van der Waals surface area contributed by atoms with E-state index in [1.807, 2.05) is 14.1 Å². The molecule has 0 atom stereocenters. The number of halogens is 3. The Morgan fingerprint density at radius 2 is 1.56 bits per heavy atom. The predicted octanol–water partition coefficient (Wildman–Crippen LogP) is 4.26. The molecule has 0 saturated carbocycles. The molecule has 0 unspecified atom stereocenters. The van der Waals surface area contributed by atoms with Crippen LogP contribution in [0.2, 0.25) is 0 Å². The van der Waals surface area contributed by atoms with Crippen molar-refractivity contribution in [3.8, 4) is 17.0 Å². The van der Waals surface area contributed by atoms with E-state index >= 15 is 0 Å². The lowest BCUT2D eigenvalue weighted by molar-refractivity contribution is -0.725. The summed E-state index contributed by atoms with van der Waals surface area (Å²) >= 11 is 0. The van der Waals surface area contributed by atoms with Crippen molar-refractivity contribution in [2.45, 2.75) is 5.51 Å².